The van der Waals surface area contributed by atoms with Gasteiger partial charge in [0.15, 0.2) is 0 Å². The van der Waals surface area contributed by atoms with Crippen molar-refractivity contribution in [2.75, 3.05) is 25.9 Å². The molecular formula is C15H24N2S. The molecule has 0 radical (unpaired) electrons. The van der Waals surface area contributed by atoms with Crippen LogP contribution in [-0.4, -0.2) is 30.8 Å². The molecule has 2 rings (SSSR count). The SMILES string of the molecule is CSc1ccc(CN2CCC(CCN)CC2)cc1. The molecule has 0 aliphatic carbocycles. The zero-order valence-electron chi connectivity index (χ0n) is 11.3. The van der Waals surface area contributed by atoms with Crippen LogP contribution in [0.25, 0.3) is 0 Å². The normalized spacial score (nSPS) is 18.1. The van der Waals surface area contributed by atoms with Crippen molar-refractivity contribution in [1.82, 2.24) is 4.90 Å². The second-order valence-electron chi connectivity index (χ2n) is 5.14. The quantitative estimate of drug-likeness (QED) is 0.829. The van der Waals surface area contributed by atoms with Crippen LogP contribution < -0.4 is 5.73 Å². The van der Waals surface area contributed by atoms with Crippen molar-refractivity contribution in [3.8, 4) is 0 Å². The lowest BCUT2D eigenvalue weighted by atomic mass is 9.93. The van der Waals surface area contributed by atoms with Crippen molar-refractivity contribution in [3.63, 3.8) is 0 Å². The fourth-order valence-electron chi connectivity index (χ4n) is 2.66. The van der Waals surface area contributed by atoms with Gasteiger partial charge < -0.3 is 5.73 Å². The Morgan fingerprint density at radius 2 is 1.89 bits per heavy atom. The highest BCUT2D eigenvalue weighted by Gasteiger charge is 2.18. The summed E-state index contributed by atoms with van der Waals surface area (Å²) in [6, 6.07) is 8.97. The van der Waals surface area contributed by atoms with Crippen LogP contribution in [0.1, 0.15) is 24.8 Å². The van der Waals surface area contributed by atoms with Gasteiger partial charge in [0.25, 0.3) is 0 Å². The largest absolute Gasteiger partial charge is 0.330 e. The van der Waals surface area contributed by atoms with Crippen LogP contribution in [0, 0.1) is 5.92 Å². The lowest BCUT2D eigenvalue weighted by Gasteiger charge is -2.31. The van der Waals surface area contributed by atoms with Crippen LogP contribution in [0.15, 0.2) is 29.2 Å². The molecule has 2 nitrogen and oxygen atoms in total. The lowest BCUT2D eigenvalue weighted by molar-refractivity contribution is 0.173. The summed E-state index contributed by atoms with van der Waals surface area (Å²) >= 11 is 1.80. The summed E-state index contributed by atoms with van der Waals surface area (Å²) in [5, 5.41) is 0. The summed E-state index contributed by atoms with van der Waals surface area (Å²) in [6.45, 7) is 4.41. The summed E-state index contributed by atoms with van der Waals surface area (Å²) in [4.78, 5) is 3.92. The predicted octanol–water partition coefficient (Wildman–Crippen LogP) is 2.97. The summed E-state index contributed by atoms with van der Waals surface area (Å²) in [7, 11) is 0. The Morgan fingerprint density at radius 3 is 2.44 bits per heavy atom. The molecular weight excluding hydrogens is 240 g/mol. The Hall–Kier alpha value is -0.510. The maximum atomic E-state index is 5.63. The Morgan fingerprint density at radius 1 is 1.22 bits per heavy atom. The van der Waals surface area contributed by atoms with Crippen molar-refractivity contribution in [2.24, 2.45) is 11.7 Å². The average Bonchev–Trinajstić information content (AvgIpc) is 2.42. The first-order chi connectivity index (χ1) is 8.81. The molecule has 0 amide bonds. The number of benzene rings is 1. The van der Waals surface area contributed by atoms with E-state index < -0.39 is 0 Å². The minimum absolute atomic E-state index is 0.848. The Labute approximate surface area is 115 Å². The first-order valence-corrected chi connectivity index (χ1v) is 8.09. The minimum atomic E-state index is 0.848. The van der Waals surface area contributed by atoms with Crippen molar-refractivity contribution in [1.29, 1.82) is 0 Å². The molecule has 1 aromatic carbocycles. The molecule has 1 saturated heterocycles. The van der Waals surface area contributed by atoms with E-state index in [4.69, 9.17) is 5.73 Å². The van der Waals surface area contributed by atoms with Crippen LogP contribution in [0.2, 0.25) is 0 Å². The molecule has 1 heterocycles. The molecule has 0 saturated carbocycles. The third kappa shape index (κ3) is 4.01. The third-order valence-electron chi connectivity index (χ3n) is 3.85. The Balaban J connectivity index is 1.80. The summed E-state index contributed by atoms with van der Waals surface area (Å²) in [5.74, 6) is 0.866. The number of nitrogens with zero attached hydrogens (tertiary/aromatic N) is 1. The van der Waals surface area contributed by atoms with Crippen molar-refractivity contribution >= 4 is 11.8 Å². The monoisotopic (exact) mass is 264 g/mol. The first kappa shape index (κ1) is 13.9. The maximum Gasteiger partial charge on any atom is 0.0233 e. The zero-order chi connectivity index (χ0) is 12.8. The molecule has 2 N–H and O–H groups in total. The maximum absolute atomic E-state index is 5.63. The number of piperidine rings is 1. The second kappa shape index (κ2) is 7.17. The van der Waals surface area contributed by atoms with Gasteiger partial charge in [0.05, 0.1) is 0 Å². The molecule has 0 aromatic heterocycles. The molecule has 18 heavy (non-hydrogen) atoms. The molecule has 100 valence electrons. The van der Waals surface area contributed by atoms with Gasteiger partial charge in [-0.05, 0) is 68.8 Å². The van der Waals surface area contributed by atoms with Crippen LogP contribution in [0.4, 0.5) is 0 Å². The molecule has 0 unspecified atom stereocenters. The van der Waals surface area contributed by atoms with E-state index in [1.807, 2.05) is 0 Å². The highest BCUT2D eigenvalue weighted by atomic mass is 32.2. The molecule has 0 atom stereocenters. The van der Waals surface area contributed by atoms with Gasteiger partial charge in [0, 0.05) is 11.4 Å². The summed E-state index contributed by atoms with van der Waals surface area (Å²) < 4.78 is 0. The van der Waals surface area contributed by atoms with Crippen LogP contribution >= 0.6 is 11.8 Å². The number of likely N-dealkylation sites (tertiary alicyclic amines) is 1. The number of rotatable bonds is 5. The predicted molar refractivity (Wildman–Crippen MR) is 79.9 cm³/mol. The van der Waals surface area contributed by atoms with E-state index in [2.05, 4.69) is 35.4 Å². The molecule has 1 aromatic rings. The molecule has 1 aliphatic rings. The average molecular weight is 264 g/mol. The van der Waals surface area contributed by atoms with Crippen LogP contribution in [0.5, 0.6) is 0 Å². The van der Waals surface area contributed by atoms with Gasteiger partial charge in [-0.25, -0.2) is 0 Å². The van der Waals surface area contributed by atoms with Gasteiger partial charge in [-0.3, -0.25) is 4.90 Å². The van der Waals surface area contributed by atoms with E-state index >= 15 is 0 Å². The van der Waals surface area contributed by atoms with Crippen LogP contribution in [0.3, 0.4) is 0 Å². The van der Waals surface area contributed by atoms with Gasteiger partial charge in [-0.2, -0.15) is 0 Å². The lowest BCUT2D eigenvalue weighted by Crippen LogP contribution is -2.33. The van der Waals surface area contributed by atoms with Gasteiger partial charge in [-0.1, -0.05) is 12.1 Å². The Bertz CT molecular complexity index is 342. The van der Waals surface area contributed by atoms with E-state index in [9.17, 15) is 0 Å². The van der Waals surface area contributed by atoms with Crippen molar-refractivity contribution in [2.45, 2.75) is 30.7 Å². The van der Waals surface area contributed by atoms with E-state index in [-0.39, 0.29) is 0 Å². The van der Waals surface area contributed by atoms with Crippen LogP contribution in [-0.2, 0) is 6.54 Å². The molecule has 3 heteroatoms. The molecule has 1 aliphatic heterocycles. The second-order valence-corrected chi connectivity index (χ2v) is 6.02. The van der Waals surface area contributed by atoms with E-state index in [1.165, 1.54) is 42.8 Å². The highest BCUT2D eigenvalue weighted by molar-refractivity contribution is 7.98. The summed E-state index contributed by atoms with van der Waals surface area (Å²) in [5.41, 5.74) is 7.06. The minimum Gasteiger partial charge on any atom is -0.330 e. The first-order valence-electron chi connectivity index (χ1n) is 6.87. The van der Waals surface area contributed by atoms with E-state index in [0.717, 1.165) is 19.0 Å². The smallest absolute Gasteiger partial charge is 0.0233 e. The third-order valence-corrected chi connectivity index (χ3v) is 4.59. The highest BCUT2D eigenvalue weighted by Crippen LogP contribution is 2.22. The zero-order valence-corrected chi connectivity index (χ0v) is 12.1. The topological polar surface area (TPSA) is 29.3 Å². The Kier molecular flexibility index (Phi) is 5.54. The standard InChI is InChI=1S/C15H24N2S/c1-18-15-4-2-14(3-5-15)12-17-10-7-13(6-9-16)8-11-17/h2-5,13H,6-12,16H2,1H3. The van der Waals surface area contributed by atoms with Gasteiger partial charge in [0.1, 0.15) is 0 Å². The molecule has 0 spiro atoms. The van der Waals surface area contributed by atoms with Crippen molar-refractivity contribution in [3.05, 3.63) is 29.8 Å². The number of hydrogen-bond acceptors (Lipinski definition) is 3. The van der Waals surface area contributed by atoms with E-state index in [1.54, 1.807) is 11.8 Å². The van der Waals surface area contributed by atoms with E-state index in [0.29, 0.717) is 0 Å². The fourth-order valence-corrected chi connectivity index (χ4v) is 3.07. The van der Waals surface area contributed by atoms with Gasteiger partial charge >= 0.3 is 0 Å². The van der Waals surface area contributed by atoms with Gasteiger partial charge in [0.2, 0.25) is 0 Å². The van der Waals surface area contributed by atoms with Crippen molar-refractivity contribution < 1.29 is 0 Å². The number of thioether (sulfide) groups is 1. The number of hydrogen-bond donors (Lipinski definition) is 1. The van der Waals surface area contributed by atoms with Gasteiger partial charge in [-0.15, -0.1) is 11.8 Å². The number of nitrogens with two attached hydrogens (primary N) is 1. The molecule has 1 fully saturated rings. The summed E-state index contributed by atoms with van der Waals surface area (Å²) in [6.07, 6.45) is 5.97. The fraction of sp³-hybridized carbons (Fsp3) is 0.600. The molecule has 0 bridgehead atoms.